The fourth-order valence-electron chi connectivity index (χ4n) is 3.66. The molecule has 0 saturated carbocycles. The first-order valence-corrected chi connectivity index (χ1v) is 9.49. The first kappa shape index (κ1) is 19.3. The highest BCUT2D eigenvalue weighted by Crippen LogP contribution is 2.39. The van der Waals surface area contributed by atoms with Gasteiger partial charge in [0.15, 0.2) is 11.9 Å². The lowest BCUT2D eigenvalue weighted by Gasteiger charge is -2.33. The minimum atomic E-state index is -0.547. The summed E-state index contributed by atoms with van der Waals surface area (Å²) in [5.41, 5.74) is 0.735. The second-order valence-corrected chi connectivity index (χ2v) is 7.94. The molecule has 2 aliphatic heterocycles. The number of carbonyl (C=O) groups excluding carboxylic acids is 4. The second-order valence-electron chi connectivity index (χ2n) is 6.53. The third-order valence-electron chi connectivity index (χ3n) is 4.81. The van der Waals surface area contributed by atoms with Gasteiger partial charge < -0.3 is 4.74 Å². The van der Waals surface area contributed by atoms with Gasteiger partial charge in [0.25, 0.3) is 11.8 Å². The summed E-state index contributed by atoms with van der Waals surface area (Å²) in [6.07, 6.45) is 2.21. The molecule has 142 valence electrons. The van der Waals surface area contributed by atoms with Crippen molar-refractivity contribution in [2.45, 2.75) is 25.8 Å². The highest BCUT2D eigenvalue weighted by atomic mass is 32.2. The summed E-state index contributed by atoms with van der Waals surface area (Å²) in [5, 5.41) is -0.222. The maximum Gasteiger partial charge on any atom is 0.528 e. The molecule has 0 bridgehead atoms. The van der Waals surface area contributed by atoms with Crippen LogP contribution in [0.5, 0.6) is 0 Å². The quantitative estimate of drug-likeness (QED) is 0.341. The van der Waals surface area contributed by atoms with E-state index in [9.17, 15) is 19.2 Å². The molecule has 1 aromatic rings. The largest absolute Gasteiger partial charge is 0.528 e. The zero-order valence-electron chi connectivity index (χ0n) is 15.1. The fourth-order valence-corrected chi connectivity index (χ4v) is 4.79. The lowest BCUT2D eigenvalue weighted by molar-refractivity contribution is -0.731. The summed E-state index contributed by atoms with van der Waals surface area (Å²) in [5.74, 6) is -0.735. The van der Waals surface area contributed by atoms with Crippen molar-refractivity contribution in [2.75, 3.05) is 19.7 Å². The van der Waals surface area contributed by atoms with E-state index in [1.54, 1.807) is 24.3 Å². The maximum atomic E-state index is 12.8. The van der Waals surface area contributed by atoms with E-state index in [0.717, 1.165) is 11.9 Å². The monoisotopic (exact) mass is 389 g/mol. The van der Waals surface area contributed by atoms with Crippen molar-refractivity contribution in [2.24, 2.45) is 0 Å². The second kappa shape index (κ2) is 7.66. The van der Waals surface area contributed by atoms with Crippen LogP contribution in [0.1, 0.15) is 40.5 Å². The number of benzene rings is 1. The Kier molecular flexibility index (Phi) is 5.48. The first-order chi connectivity index (χ1) is 12.9. The topological polar surface area (TPSA) is 80.8 Å². The summed E-state index contributed by atoms with van der Waals surface area (Å²) < 4.78 is 4.98. The average Bonchev–Trinajstić information content (AvgIpc) is 3.15. The summed E-state index contributed by atoms with van der Waals surface area (Å²) >= 11 is 0.886. The van der Waals surface area contributed by atoms with Crippen molar-refractivity contribution >= 4 is 35.0 Å². The van der Waals surface area contributed by atoms with Gasteiger partial charge in [-0.3, -0.25) is 19.3 Å². The number of hydrogen-bond acceptors (Lipinski definition) is 6. The molecule has 0 radical (unpaired) electrons. The van der Waals surface area contributed by atoms with Crippen LogP contribution in [-0.2, 0) is 9.53 Å². The number of imide groups is 1. The molecule has 2 heterocycles. The van der Waals surface area contributed by atoms with E-state index < -0.39 is 12.1 Å². The fraction of sp³-hybridized carbons (Fsp3) is 0.368. The van der Waals surface area contributed by atoms with Crippen molar-refractivity contribution in [3.05, 3.63) is 48.0 Å². The number of quaternary nitrogens is 1. The van der Waals surface area contributed by atoms with Gasteiger partial charge in [0.2, 0.25) is 5.12 Å². The predicted octanol–water partition coefficient (Wildman–Crippen LogP) is 2.78. The minimum Gasteiger partial charge on any atom is -0.415 e. The van der Waals surface area contributed by atoms with Crippen LogP contribution in [0.4, 0.5) is 4.79 Å². The third kappa shape index (κ3) is 3.42. The molecule has 3 rings (SSSR count). The molecule has 0 spiro atoms. The van der Waals surface area contributed by atoms with Crippen LogP contribution < -0.4 is 0 Å². The van der Waals surface area contributed by atoms with Crippen LogP contribution in [0.15, 0.2) is 36.9 Å². The Morgan fingerprint density at radius 1 is 1.30 bits per heavy atom. The van der Waals surface area contributed by atoms with Gasteiger partial charge in [-0.05, 0) is 12.1 Å². The summed E-state index contributed by atoms with van der Waals surface area (Å²) in [7, 11) is 0. The van der Waals surface area contributed by atoms with E-state index in [1.165, 1.54) is 17.9 Å². The van der Waals surface area contributed by atoms with E-state index in [-0.39, 0.29) is 34.0 Å². The molecule has 8 heteroatoms. The summed E-state index contributed by atoms with van der Waals surface area (Å²) in [4.78, 5) is 51.1. The highest BCUT2D eigenvalue weighted by Gasteiger charge is 2.54. The molecular formula is C19H21N2O5S+. The van der Waals surface area contributed by atoms with E-state index in [4.69, 9.17) is 4.74 Å². The Morgan fingerprint density at radius 2 is 1.93 bits per heavy atom. The first-order valence-electron chi connectivity index (χ1n) is 8.72. The van der Waals surface area contributed by atoms with Crippen molar-refractivity contribution < 1.29 is 27.8 Å². The van der Waals surface area contributed by atoms with Gasteiger partial charge in [-0.15, -0.1) is 0 Å². The van der Waals surface area contributed by atoms with Crippen molar-refractivity contribution in [3.8, 4) is 0 Å². The molecule has 0 aromatic heterocycles. The van der Waals surface area contributed by atoms with Crippen LogP contribution in [0.2, 0.25) is 0 Å². The van der Waals surface area contributed by atoms with E-state index in [1.807, 2.05) is 0 Å². The molecule has 1 aromatic carbocycles. The third-order valence-corrected chi connectivity index (χ3v) is 6.03. The van der Waals surface area contributed by atoms with Crippen LogP contribution in [0.25, 0.3) is 0 Å². The molecule has 2 atom stereocenters. The molecule has 27 heavy (non-hydrogen) atoms. The number of hydrogen-bond donors (Lipinski definition) is 0. The van der Waals surface area contributed by atoms with Gasteiger partial charge >= 0.3 is 6.09 Å². The SMILES string of the molecule is C=CCOC(=O)[N+]1(SC(C)=O)CCC[C@H]1CN1C(=O)c2ccccc2C1=O. The number of fused-ring (bicyclic) bond motifs is 1. The number of rotatable bonds is 4. The maximum absolute atomic E-state index is 12.8. The zero-order valence-corrected chi connectivity index (χ0v) is 15.9. The van der Waals surface area contributed by atoms with Crippen molar-refractivity contribution in [1.82, 2.24) is 4.90 Å². The molecule has 0 N–H and O–H groups in total. The van der Waals surface area contributed by atoms with Gasteiger partial charge in [0, 0.05) is 19.8 Å². The summed E-state index contributed by atoms with van der Waals surface area (Å²) in [6, 6.07) is 6.26. The Balaban J connectivity index is 1.87. The van der Waals surface area contributed by atoms with Crippen molar-refractivity contribution in [3.63, 3.8) is 0 Å². The van der Waals surface area contributed by atoms with Crippen LogP contribution in [0, 0.1) is 0 Å². The van der Waals surface area contributed by atoms with Gasteiger partial charge in [-0.2, -0.15) is 8.68 Å². The molecule has 2 aliphatic rings. The summed E-state index contributed by atoms with van der Waals surface area (Å²) in [6.45, 7) is 5.44. The van der Waals surface area contributed by atoms with Gasteiger partial charge in [-0.25, -0.2) is 0 Å². The Morgan fingerprint density at radius 3 is 2.48 bits per heavy atom. The van der Waals surface area contributed by atoms with Crippen LogP contribution in [0.3, 0.4) is 0 Å². The Hall–Kier alpha value is -2.45. The van der Waals surface area contributed by atoms with E-state index in [2.05, 4.69) is 6.58 Å². The molecule has 1 fully saturated rings. The molecular weight excluding hydrogens is 368 g/mol. The van der Waals surface area contributed by atoms with Gasteiger partial charge in [-0.1, -0.05) is 24.8 Å². The molecule has 1 unspecified atom stereocenters. The van der Waals surface area contributed by atoms with E-state index >= 15 is 0 Å². The minimum absolute atomic E-state index is 0.0387. The van der Waals surface area contributed by atoms with Gasteiger partial charge in [0.05, 0.1) is 17.7 Å². The molecule has 7 nitrogen and oxygen atoms in total. The number of ether oxygens (including phenoxy) is 1. The Labute approximate surface area is 161 Å². The normalized spacial score (nSPS) is 24.0. The van der Waals surface area contributed by atoms with Crippen LogP contribution >= 0.6 is 11.9 Å². The number of likely N-dealkylation sites (tertiary alicyclic amines) is 1. The predicted molar refractivity (Wildman–Crippen MR) is 99.8 cm³/mol. The lowest BCUT2D eigenvalue weighted by Crippen LogP contribution is -2.55. The average molecular weight is 389 g/mol. The van der Waals surface area contributed by atoms with Gasteiger partial charge in [0.1, 0.15) is 19.2 Å². The Bertz CT molecular complexity index is 789. The number of nitrogens with zero attached hydrogens (tertiary/aromatic N) is 2. The standard InChI is InChI=1S/C19H21N2O5S/c1-3-11-26-19(25)21(27-13(2)22)10-6-7-14(21)12-20-17(23)15-8-4-5-9-16(15)18(20)24/h3-5,8-9,14H,1,6-7,10-12H2,2H3/q+1/t14-,21?/m0/s1. The smallest absolute Gasteiger partial charge is 0.415 e. The lowest BCUT2D eigenvalue weighted by atomic mass is 10.1. The van der Waals surface area contributed by atoms with Crippen molar-refractivity contribution in [1.29, 1.82) is 0 Å². The molecule has 3 amide bonds. The number of carbonyl (C=O) groups is 4. The molecule has 1 saturated heterocycles. The number of amides is 3. The highest BCUT2D eigenvalue weighted by molar-refractivity contribution is 8.09. The van der Waals surface area contributed by atoms with Crippen LogP contribution in [-0.4, -0.2) is 57.5 Å². The molecule has 0 aliphatic carbocycles. The van der Waals surface area contributed by atoms with E-state index in [0.29, 0.717) is 30.5 Å². The zero-order chi connectivity index (χ0) is 19.6.